The van der Waals surface area contributed by atoms with Crippen molar-refractivity contribution in [3.8, 4) is 11.5 Å². The van der Waals surface area contributed by atoms with Crippen molar-refractivity contribution in [2.75, 3.05) is 19.7 Å². The fraction of sp³-hybridized carbons (Fsp3) is 0.500. The van der Waals surface area contributed by atoms with Gasteiger partial charge < -0.3 is 24.7 Å². The minimum Gasteiger partial charge on any atom is -0.504 e. The molecule has 3 heterocycles. The van der Waals surface area contributed by atoms with Crippen molar-refractivity contribution < 1.29 is 24.5 Å². The number of carbonyl (C=O) groups is 1. The zero-order chi connectivity index (χ0) is 25.1. The smallest absolute Gasteiger partial charge is 0.338 e. The standard InChI is InChI=1S/C30H32N2O5/c1-2-11-36-28(34)18-5-7-19-20-14-30(35)23-13-17-6-8-22(33)26-24(17)29(30,9-10-32(23)15-16-3-4-16)27(37-26)25(20)31-21(19)12-18/h5-8,12,16,23,27,31,33,35H,2-4,9-11,13-15H2,1H3. The minimum absolute atomic E-state index is 0.00247. The van der Waals surface area contributed by atoms with Crippen LogP contribution in [0, 0.1) is 5.92 Å². The molecule has 8 rings (SSSR count). The number of aromatic nitrogens is 1. The van der Waals surface area contributed by atoms with E-state index in [2.05, 4.69) is 9.88 Å². The number of aliphatic hydroxyl groups is 1. The van der Waals surface area contributed by atoms with Crippen molar-refractivity contribution in [3.05, 3.63) is 58.3 Å². The molecule has 0 amide bonds. The van der Waals surface area contributed by atoms with Crippen LogP contribution in [-0.4, -0.2) is 57.4 Å². The lowest BCUT2D eigenvalue weighted by molar-refractivity contribution is -0.173. The topological polar surface area (TPSA) is 95.0 Å². The highest BCUT2D eigenvalue weighted by molar-refractivity contribution is 5.96. The molecule has 2 fully saturated rings. The number of likely N-dealkylation sites (tertiary alicyclic amines) is 1. The first-order valence-corrected chi connectivity index (χ1v) is 13.7. The molecule has 7 heteroatoms. The van der Waals surface area contributed by atoms with Crippen LogP contribution in [0.25, 0.3) is 10.9 Å². The van der Waals surface area contributed by atoms with Crippen molar-refractivity contribution in [2.45, 2.75) is 68.6 Å². The normalized spacial score (nSPS) is 31.1. The van der Waals surface area contributed by atoms with Crippen LogP contribution in [0.15, 0.2) is 30.3 Å². The Hall–Kier alpha value is -3.03. The number of nitrogens with zero attached hydrogens (tertiary/aromatic N) is 1. The van der Waals surface area contributed by atoms with Crippen LogP contribution in [-0.2, 0) is 23.0 Å². The molecule has 1 spiro atoms. The van der Waals surface area contributed by atoms with Gasteiger partial charge in [0.25, 0.3) is 0 Å². The van der Waals surface area contributed by atoms with Gasteiger partial charge in [0, 0.05) is 35.5 Å². The Balaban J connectivity index is 1.31. The van der Waals surface area contributed by atoms with Crippen LogP contribution in [0.2, 0.25) is 0 Å². The number of nitrogens with one attached hydrogen (secondary N) is 1. The molecular formula is C30H32N2O5. The average Bonchev–Trinajstić information content (AvgIpc) is 3.53. The Morgan fingerprint density at radius 1 is 1.27 bits per heavy atom. The van der Waals surface area contributed by atoms with Gasteiger partial charge in [0.15, 0.2) is 17.6 Å². The fourth-order valence-electron chi connectivity index (χ4n) is 8.03. The molecule has 2 bridgehead atoms. The Bertz CT molecular complexity index is 1470. The lowest BCUT2D eigenvalue weighted by atomic mass is 9.49. The van der Waals surface area contributed by atoms with E-state index in [1.165, 1.54) is 18.4 Å². The molecule has 3 N–H and O–H groups in total. The molecule has 192 valence electrons. The first-order chi connectivity index (χ1) is 17.9. The summed E-state index contributed by atoms with van der Waals surface area (Å²) in [4.78, 5) is 18.7. The lowest BCUT2D eigenvalue weighted by Crippen LogP contribution is -2.74. The van der Waals surface area contributed by atoms with E-state index in [0.717, 1.165) is 66.0 Å². The molecule has 1 aromatic heterocycles. The van der Waals surface area contributed by atoms with E-state index in [-0.39, 0.29) is 17.8 Å². The lowest BCUT2D eigenvalue weighted by Gasteiger charge is -2.62. The quantitative estimate of drug-likeness (QED) is 0.456. The number of piperidine rings is 1. The van der Waals surface area contributed by atoms with Gasteiger partial charge in [-0.25, -0.2) is 4.79 Å². The highest BCUT2D eigenvalue weighted by Gasteiger charge is 2.72. The number of benzene rings is 2. The number of aromatic hydroxyl groups is 1. The van der Waals surface area contributed by atoms with E-state index in [9.17, 15) is 15.0 Å². The molecule has 0 radical (unpaired) electrons. The molecule has 7 nitrogen and oxygen atoms in total. The zero-order valence-corrected chi connectivity index (χ0v) is 21.0. The summed E-state index contributed by atoms with van der Waals surface area (Å²) < 4.78 is 12.0. The zero-order valence-electron chi connectivity index (χ0n) is 21.0. The Kier molecular flexibility index (Phi) is 4.34. The van der Waals surface area contributed by atoms with E-state index in [1.54, 1.807) is 6.07 Å². The molecule has 5 aliphatic rings. The monoisotopic (exact) mass is 500 g/mol. The van der Waals surface area contributed by atoms with Gasteiger partial charge in [-0.2, -0.15) is 0 Å². The van der Waals surface area contributed by atoms with Crippen molar-refractivity contribution in [1.29, 1.82) is 0 Å². The summed E-state index contributed by atoms with van der Waals surface area (Å²) in [5.74, 6) is 1.09. The van der Waals surface area contributed by atoms with Crippen LogP contribution in [0.5, 0.6) is 11.5 Å². The maximum atomic E-state index is 12.9. The second-order valence-corrected chi connectivity index (χ2v) is 11.8. The minimum atomic E-state index is -1.02. The number of H-pyrrole nitrogens is 1. The second-order valence-electron chi connectivity index (χ2n) is 11.8. The molecule has 3 aromatic rings. The van der Waals surface area contributed by atoms with Crippen LogP contribution in [0.4, 0.5) is 0 Å². The van der Waals surface area contributed by atoms with Crippen LogP contribution < -0.4 is 4.74 Å². The summed E-state index contributed by atoms with van der Waals surface area (Å²) in [6.45, 7) is 4.33. The Morgan fingerprint density at radius 2 is 2.14 bits per heavy atom. The molecule has 2 aromatic carbocycles. The van der Waals surface area contributed by atoms with E-state index < -0.39 is 17.1 Å². The summed E-state index contributed by atoms with van der Waals surface area (Å²) in [5.41, 5.74) is 3.94. The third-order valence-electron chi connectivity index (χ3n) is 9.83. The molecule has 3 aliphatic carbocycles. The number of esters is 1. The van der Waals surface area contributed by atoms with E-state index in [0.29, 0.717) is 24.3 Å². The molecule has 1 saturated heterocycles. The number of phenolic OH excluding ortho intramolecular Hbond substituents is 1. The van der Waals surface area contributed by atoms with Crippen molar-refractivity contribution >= 4 is 16.9 Å². The largest absolute Gasteiger partial charge is 0.504 e. The highest BCUT2D eigenvalue weighted by Crippen LogP contribution is 2.69. The summed E-state index contributed by atoms with van der Waals surface area (Å²) in [6, 6.07) is 9.42. The number of hydrogen-bond donors (Lipinski definition) is 3. The predicted octanol–water partition coefficient (Wildman–Crippen LogP) is 4.14. The number of fused-ring (bicyclic) bond motifs is 4. The third-order valence-corrected chi connectivity index (χ3v) is 9.83. The maximum Gasteiger partial charge on any atom is 0.338 e. The number of ether oxygens (including phenoxy) is 2. The predicted molar refractivity (Wildman–Crippen MR) is 137 cm³/mol. The number of phenols is 1. The molecule has 2 aliphatic heterocycles. The van der Waals surface area contributed by atoms with Gasteiger partial charge in [0.2, 0.25) is 0 Å². The van der Waals surface area contributed by atoms with Gasteiger partial charge in [-0.3, -0.25) is 4.90 Å². The first-order valence-electron chi connectivity index (χ1n) is 13.7. The van der Waals surface area contributed by atoms with Gasteiger partial charge in [-0.05, 0) is 73.9 Å². The summed E-state index contributed by atoms with van der Waals surface area (Å²) in [7, 11) is 0. The molecule has 1 saturated carbocycles. The van der Waals surface area contributed by atoms with Crippen molar-refractivity contribution in [2.24, 2.45) is 5.92 Å². The summed E-state index contributed by atoms with van der Waals surface area (Å²) in [5, 5.41) is 24.7. The summed E-state index contributed by atoms with van der Waals surface area (Å²) >= 11 is 0. The van der Waals surface area contributed by atoms with Crippen LogP contribution in [0.3, 0.4) is 0 Å². The Morgan fingerprint density at radius 3 is 2.95 bits per heavy atom. The fourth-order valence-corrected chi connectivity index (χ4v) is 8.03. The third kappa shape index (κ3) is 2.71. The van der Waals surface area contributed by atoms with Gasteiger partial charge in [0.1, 0.15) is 0 Å². The first kappa shape index (κ1) is 22.0. The van der Waals surface area contributed by atoms with Crippen LogP contribution in [0.1, 0.15) is 71.5 Å². The number of hydrogen-bond acceptors (Lipinski definition) is 6. The SMILES string of the molecule is CCCOC(=O)c1ccc2c3c([nH]c2c1)C1Oc2c(O)ccc4c2C12CCN(CC1CC1)C(C4)C2(O)C3. The molecule has 4 unspecified atom stereocenters. The van der Waals surface area contributed by atoms with Gasteiger partial charge >= 0.3 is 5.97 Å². The van der Waals surface area contributed by atoms with E-state index in [4.69, 9.17) is 9.47 Å². The Labute approximate surface area is 215 Å². The van der Waals surface area contributed by atoms with E-state index >= 15 is 0 Å². The van der Waals surface area contributed by atoms with Crippen molar-refractivity contribution in [1.82, 2.24) is 9.88 Å². The molecule has 37 heavy (non-hydrogen) atoms. The van der Waals surface area contributed by atoms with Gasteiger partial charge in [-0.1, -0.05) is 19.1 Å². The van der Waals surface area contributed by atoms with Crippen LogP contribution >= 0.6 is 0 Å². The number of rotatable bonds is 5. The average molecular weight is 501 g/mol. The van der Waals surface area contributed by atoms with E-state index in [1.807, 2.05) is 31.2 Å². The molecular weight excluding hydrogens is 468 g/mol. The van der Waals surface area contributed by atoms with Gasteiger partial charge in [0.05, 0.1) is 28.9 Å². The maximum absolute atomic E-state index is 12.9. The summed E-state index contributed by atoms with van der Waals surface area (Å²) in [6.07, 6.45) is 4.97. The highest BCUT2D eigenvalue weighted by atomic mass is 16.5. The van der Waals surface area contributed by atoms with Crippen molar-refractivity contribution in [3.63, 3.8) is 0 Å². The number of aromatic amines is 1. The van der Waals surface area contributed by atoms with Gasteiger partial charge in [-0.15, -0.1) is 0 Å². The number of carbonyl (C=O) groups excluding carboxylic acids is 1. The molecule has 4 atom stereocenters. The second kappa shape index (κ2) is 7.29.